The van der Waals surface area contributed by atoms with Crippen LogP contribution in [0.4, 0.5) is 0 Å². The number of aromatic nitrogens is 2. The molecule has 2 amide bonds. The number of nitrogens with one attached hydrogen (secondary N) is 2. The van der Waals surface area contributed by atoms with E-state index >= 15 is 0 Å². The second kappa shape index (κ2) is 8.10. The van der Waals surface area contributed by atoms with Crippen LogP contribution < -0.4 is 10.9 Å². The minimum atomic E-state index is -0.296. The zero-order valence-electron chi connectivity index (χ0n) is 14.5. The summed E-state index contributed by atoms with van der Waals surface area (Å²) in [6.45, 7) is 9.18. The van der Waals surface area contributed by atoms with Gasteiger partial charge >= 0.3 is 0 Å². The molecule has 0 aliphatic rings. The van der Waals surface area contributed by atoms with Crippen molar-refractivity contribution in [2.24, 2.45) is 5.92 Å². The van der Waals surface area contributed by atoms with E-state index in [1.165, 1.54) is 11.3 Å². The summed E-state index contributed by atoms with van der Waals surface area (Å²) in [6.07, 6.45) is 0.913. The molecule has 0 fully saturated rings. The van der Waals surface area contributed by atoms with Gasteiger partial charge in [0, 0.05) is 18.7 Å². The lowest BCUT2D eigenvalue weighted by molar-refractivity contribution is -0.121. The molecule has 2 heterocycles. The highest BCUT2D eigenvalue weighted by atomic mass is 32.1. The van der Waals surface area contributed by atoms with E-state index in [4.69, 9.17) is 0 Å². The van der Waals surface area contributed by atoms with E-state index in [-0.39, 0.29) is 11.8 Å². The Morgan fingerprint density at radius 3 is 2.67 bits per heavy atom. The monoisotopic (exact) mass is 348 g/mol. The molecule has 2 N–H and O–H groups in total. The van der Waals surface area contributed by atoms with Crippen molar-refractivity contribution in [3.63, 3.8) is 0 Å². The Morgan fingerprint density at radius 1 is 1.29 bits per heavy atom. The van der Waals surface area contributed by atoms with Gasteiger partial charge in [0.15, 0.2) is 0 Å². The van der Waals surface area contributed by atoms with Crippen LogP contribution in [0.15, 0.2) is 17.5 Å². The minimum Gasteiger partial charge on any atom is -0.273 e. The fraction of sp³-hybridized carbons (Fsp3) is 0.471. The second-order valence-corrected chi connectivity index (χ2v) is 7.15. The van der Waals surface area contributed by atoms with Crippen molar-refractivity contribution < 1.29 is 9.59 Å². The standard InChI is InChI=1S/C17H24N4O2S/c1-11(2)10-21-13(4)14(12(3)20-21)7-8-16(22)18-19-17(23)15-6-5-9-24-15/h5-6,9,11H,7-8,10H2,1-4H3,(H,18,22)(H,19,23). The average molecular weight is 348 g/mol. The highest BCUT2D eigenvalue weighted by Gasteiger charge is 2.14. The maximum Gasteiger partial charge on any atom is 0.279 e. The normalized spacial score (nSPS) is 10.9. The number of hydrogen-bond acceptors (Lipinski definition) is 4. The second-order valence-electron chi connectivity index (χ2n) is 6.20. The fourth-order valence-electron chi connectivity index (χ4n) is 2.52. The topological polar surface area (TPSA) is 76.0 Å². The molecule has 0 unspecified atom stereocenters. The van der Waals surface area contributed by atoms with E-state index in [1.54, 1.807) is 12.1 Å². The quantitative estimate of drug-likeness (QED) is 0.788. The van der Waals surface area contributed by atoms with Crippen LogP contribution in [-0.4, -0.2) is 21.6 Å². The molecule has 24 heavy (non-hydrogen) atoms. The molecular weight excluding hydrogens is 324 g/mol. The minimum absolute atomic E-state index is 0.213. The van der Waals surface area contributed by atoms with Gasteiger partial charge in [-0.3, -0.25) is 25.1 Å². The number of amides is 2. The first kappa shape index (κ1) is 18.2. The average Bonchev–Trinajstić information content (AvgIpc) is 3.13. The number of hydrazine groups is 1. The largest absolute Gasteiger partial charge is 0.279 e. The van der Waals surface area contributed by atoms with Crippen molar-refractivity contribution in [1.82, 2.24) is 20.6 Å². The van der Waals surface area contributed by atoms with Gasteiger partial charge in [0.05, 0.1) is 10.6 Å². The number of aryl methyl sites for hydroxylation is 1. The lowest BCUT2D eigenvalue weighted by Crippen LogP contribution is -2.41. The Morgan fingerprint density at radius 2 is 2.04 bits per heavy atom. The Bertz CT molecular complexity index is 704. The maximum absolute atomic E-state index is 11.9. The molecule has 2 aromatic rings. The van der Waals surface area contributed by atoms with E-state index in [9.17, 15) is 9.59 Å². The first-order valence-electron chi connectivity index (χ1n) is 8.04. The number of hydrogen-bond donors (Lipinski definition) is 2. The van der Waals surface area contributed by atoms with Gasteiger partial charge in [-0.25, -0.2) is 0 Å². The Balaban J connectivity index is 1.85. The third kappa shape index (κ3) is 4.67. The van der Waals surface area contributed by atoms with Crippen LogP contribution in [0.1, 0.15) is 46.9 Å². The summed E-state index contributed by atoms with van der Waals surface area (Å²) >= 11 is 1.33. The maximum atomic E-state index is 11.9. The summed E-state index contributed by atoms with van der Waals surface area (Å²) < 4.78 is 2.01. The third-order valence-corrected chi connectivity index (χ3v) is 4.60. The lowest BCUT2D eigenvalue weighted by atomic mass is 10.1. The summed E-state index contributed by atoms with van der Waals surface area (Å²) in [6, 6.07) is 3.50. The molecule has 0 aliphatic heterocycles. The summed E-state index contributed by atoms with van der Waals surface area (Å²) in [5.41, 5.74) is 8.07. The van der Waals surface area contributed by atoms with Gasteiger partial charge in [-0.15, -0.1) is 11.3 Å². The van der Waals surface area contributed by atoms with E-state index in [0.717, 1.165) is 23.5 Å². The molecule has 0 spiro atoms. The van der Waals surface area contributed by atoms with Crippen molar-refractivity contribution in [2.45, 2.75) is 47.1 Å². The van der Waals surface area contributed by atoms with Crippen molar-refractivity contribution in [3.8, 4) is 0 Å². The molecule has 2 rings (SSSR count). The third-order valence-electron chi connectivity index (χ3n) is 3.73. The van der Waals surface area contributed by atoms with Crippen LogP contribution >= 0.6 is 11.3 Å². The van der Waals surface area contributed by atoms with Crippen molar-refractivity contribution >= 4 is 23.2 Å². The van der Waals surface area contributed by atoms with Gasteiger partial charge in [0.2, 0.25) is 5.91 Å². The molecule has 130 valence electrons. The molecule has 0 saturated carbocycles. The predicted octanol–water partition coefficient (Wildman–Crippen LogP) is 2.61. The van der Waals surface area contributed by atoms with Gasteiger partial charge in [-0.05, 0) is 43.2 Å². The molecule has 0 radical (unpaired) electrons. The van der Waals surface area contributed by atoms with Gasteiger partial charge in [-0.2, -0.15) is 5.10 Å². The Hall–Kier alpha value is -2.15. The van der Waals surface area contributed by atoms with Crippen LogP contribution in [0, 0.1) is 19.8 Å². The van der Waals surface area contributed by atoms with Crippen LogP contribution in [0.5, 0.6) is 0 Å². The Kier molecular flexibility index (Phi) is 6.14. The summed E-state index contributed by atoms with van der Waals surface area (Å²) in [7, 11) is 0. The van der Waals surface area contributed by atoms with Crippen LogP contribution in [-0.2, 0) is 17.8 Å². The highest BCUT2D eigenvalue weighted by molar-refractivity contribution is 7.12. The van der Waals surface area contributed by atoms with Crippen molar-refractivity contribution in [3.05, 3.63) is 39.3 Å². The smallest absolute Gasteiger partial charge is 0.273 e. The SMILES string of the molecule is Cc1nn(CC(C)C)c(C)c1CCC(=O)NNC(=O)c1cccs1. The molecular formula is C17H24N4O2S. The predicted molar refractivity (Wildman–Crippen MR) is 94.8 cm³/mol. The molecule has 6 nitrogen and oxygen atoms in total. The molecule has 2 aromatic heterocycles. The van der Waals surface area contributed by atoms with Crippen molar-refractivity contribution in [1.29, 1.82) is 0 Å². The van der Waals surface area contributed by atoms with Crippen molar-refractivity contribution in [2.75, 3.05) is 0 Å². The molecule has 0 aromatic carbocycles. The van der Waals surface area contributed by atoms with E-state index in [0.29, 0.717) is 23.6 Å². The first-order chi connectivity index (χ1) is 11.4. The van der Waals surface area contributed by atoms with Gasteiger partial charge in [0.25, 0.3) is 5.91 Å². The zero-order valence-corrected chi connectivity index (χ0v) is 15.4. The van der Waals surface area contributed by atoms with Crippen LogP contribution in [0.3, 0.4) is 0 Å². The summed E-state index contributed by atoms with van der Waals surface area (Å²) in [5, 5.41) is 6.37. The number of thiophene rings is 1. The lowest BCUT2D eigenvalue weighted by Gasteiger charge is -2.08. The molecule has 7 heteroatoms. The van der Waals surface area contributed by atoms with Gasteiger partial charge in [-0.1, -0.05) is 19.9 Å². The first-order valence-corrected chi connectivity index (χ1v) is 8.92. The Labute approximate surface area is 146 Å². The molecule has 0 atom stereocenters. The zero-order chi connectivity index (χ0) is 17.7. The van der Waals surface area contributed by atoms with E-state index in [1.807, 2.05) is 23.9 Å². The highest BCUT2D eigenvalue weighted by Crippen LogP contribution is 2.16. The molecule has 0 aliphatic carbocycles. The molecule has 0 bridgehead atoms. The van der Waals surface area contributed by atoms with Gasteiger partial charge < -0.3 is 0 Å². The van der Waals surface area contributed by atoms with E-state index < -0.39 is 0 Å². The number of carbonyl (C=O) groups is 2. The number of rotatable bonds is 6. The van der Waals surface area contributed by atoms with Gasteiger partial charge in [0.1, 0.15) is 0 Å². The van der Waals surface area contributed by atoms with Crippen LogP contribution in [0.2, 0.25) is 0 Å². The number of carbonyl (C=O) groups excluding carboxylic acids is 2. The van der Waals surface area contributed by atoms with Crippen LogP contribution in [0.25, 0.3) is 0 Å². The summed E-state index contributed by atoms with van der Waals surface area (Å²) in [5.74, 6) is 0.0115. The number of nitrogens with zero attached hydrogens (tertiary/aromatic N) is 2. The molecule has 0 saturated heterocycles. The summed E-state index contributed by atoms with van der Waals surface area (Å²) in [4.78, 5) is 24.3. The van der Waals surface area contributed by atoms with E-state index in [2.05, 4.69) is 29.8 Å². The fourth-order valence-corrected chi connectivity index (χ4v) is 3.14.